The number of hydrogen-bond acceptors (Lipinski definition) is 12. The van der Waals surface area contributed by atoms with E-state index in [-0.39, 0.29) is 82.9 Å². The molecule has 5 rings (SSSR count). The molecule has 1 aliphatic heterocycles. The predicted octanol–water partition coefficient (Wildman–Crippen LogP) is 5.80. The monoisotopic (exact) mass is 903 g/mol. The Labute approximate surface area is 388 Å². The second kappa shape index (κ2) is 24.9. The number of nitrogens with one attached hydrogen (secondary N) is 1. The zero-order chi connectivity index (χ0) is 47.8. The smallest absolute Gasteiger partial charge is 0.226 e. The largest absolute Gasteiger partial charge is 0.492 e. The van der Waals surface area contributed by atoms with Gasteiger partial charge in [-0.15, -0.1) is 0 Å². The number of imidazole rings is 1. The number of amides is 2. The SMILES string of the molecule is CCCCCCc1ccc(-c2ncc(C(=O)C[C@@H](CCN)C(=O)N(C)[C@@H]3C(=O)C[C@@H](C)C(=O)N[C@H](C(=O)CCC#N)Cc4ccc(OCCN)c(c4)-c4cc3ccc4OCCN)n2C)cc1. The van der Waals surface area contributed by atoms with E-state index in [0.717, 1.165) is 18.4 Å². The molecular formula is C51H66N8O7. The fourth-order valence-electron chi connectivity index (χ4n) is 8.48. The Balaban J connectivity index is 1.52. The molecule has 3 aromatic carbocycles. The lowest BCUT2D eigenvalue weighted by molar-refractivity contribution is -0.142. The molecule has 0 fully saturated rings. The lowest BCUT2D eigenvalue weighted by Gasteiger charge is -2.32. The van der Waals surface area contributed by atoms with Gasteiger partial charge in [-0.05, 0) is 73.2 Å². The minimum absolute atomic E-state index is 0.0271. The van der Waals surface area contributed by atoms with Gasteiger partial charge >= 0.3 is 0 Å². The maximum Gasteiger partial charge on any atom is 0.226 e. The number of benzene rings is 3. The van der Waals surface area contributed by atoms with Crippen molar-refractivity contribution < 1.29 is 33.4 Å². The van der Waals surface area contributed by atoms with E-state index in [1.807, 2.05) is 24.3 Å². The van der Waals surface area contributed by atoms with Gasteiger partial charge in [0.1, 0.15) is 42.3 Å². The predicted molar refractivity (Wildman–Crippen MR) is 253 cm³/mol. The Bertz CT molecular complexity index is 2350. The van der Waals surface area contributed by atoms with Gasteiger partial charge in [0, 0.05) is 81.4 Å². The summed E-state index contributed by atoms with van der Waals surface area (Å²) in [5.74, 6) is -2.42. The zero-order valence-corrected chi connectivity index (χ0v) is 38.9. The van der Waals surface area contributed by atoms with Crippen LogP contribution in [0.5, 0.6) is 11.5 Å². The fourth-order valence-corrected chi connectivity index (χ4v) is 8.48. The van der Waals surface area contributed by atoms with Crippen LogP contribution in [-0.2, 0) is 39.1 Å². The van der Waals surface area contributed by atoms with Crippen LogP contribution in [0.2, 0.25) is 0 Å². The summed E-state index contributed by atoms with van der Waals surface area (Å²) in [6.07, 6.45) is 6.92. The van der Waals surface area contributed by atoms with Crippen molar-refractivity contribution in [3.8, 4) is 40.1 Å². The second-order valence-corrected chi connectivity index (χ2v) is 17.1. The van der Waals surface area contributed by atoms with Crippen LogP contribution in [0.25, 0.3) is 22.5 Å². The van der Waals surface area contributed by atoms with Crippen LogP contribution in [0.1, 0.15) is 105 Å². The Morgan fingerprint density at radius 1 is 0.924 bits per heavy atom. The van der Waals surface area contributed by atoms with Crippen LogP contribution in [-0.4, -0.2) is 89.6 Å². The number of ether oxygens (including phenoxy) is 2. The van der Waals surface area contributed by atoms with Crippen molar-refractivity contribution in [3.05, 3.63) is 89.2 Å². The number of nitrogens with two attached hydrogens (primary N) is 3. The summed E-state index contributed by atoms with van der Waals surface area (Å²) < 4.78 is 14.0. The molecule has 4 atom stereocenters. The van der Waals surface area contributed by atoms with Crippen LogP contribution >= 0.6 is 0 Å². The molecule has 0 spiro atoms. The van der Waals surface area contributed by atoms with Gasteiger partial charge in [-0.25, -0.2) is 4.98 Å². The van der Waals surface area contributed by atoms with Gasteiger partial charge in [0.2, 0.25) is 11.8 Å². The first-order valence-corrected chi connectivity index (χ1v) is 23.1. The molecule has 2 heterocycles. The standard InChI is InChI=1S/C51H66N8O7/c1-5-6-7-8-10-34-12-15-36(16-13-34)49-56-32-42(58(49)3)44(61)31-38(20-22-53)51(64)59(4)48-37-17-19-47(66-26-24-55)40(30-37)39-28-35(14-18-46(39)65-25-23-54)29-41(43(60)11-9-21-52)57-50(63)33(2)27-45(48)62/h12-19,28,30,32-33,38,41,48H,5-11,20,22-27,29,31,53-55H2,1-4H3,(H,57,63)/t33-,38-,41+,48+/m1/s1. The highest BCUT2D eigenvalue weighted by Crippen LogP contribution is 2.41. The molecule has 15 heteroatoms. The number of aryl methyl sites for hydroxylation is 1. The molecular weight excluding hydrogens is 837 g/mol. The number of carbonyl (C=O) groups is 5. The van der Waals surface area contributed by atoms with Crippen LogP contribution in [0, 0.1) is 23.2 Å². The Morgan fingerprint density at radius 3 is 2.26 bits per heavy atom. The number of carbonyl (C=O) groups excluding carboxylic acids is 5. The number of nitriles is 1. The lowest BCUT2D eigenvalue weighted by atomic mass is 9.88. The first-order valence-electron chi connectivity index (χ1n) is 23.1. The minimum Gasteiger partial charge on any atom is -0.492 e. The van der Waals surface area contributed by atoms with Crippen molar-refractivity contribution in [2.24, 2.45) is 36.1 Å². The van der Waals surface area contributed by atoms with E-state index in [9.17, 15) is 29.2 Å². The first-order chi connectivity index (χ1) is 31.8. The third-order valence-electron chi connectivity index (χ3n) is 12.1. The molecule has 1 aromatic heterocycles. The van der Waals surface area contributed by atoms with Crippen molar-refractivity contribution >= 4 is 29.2 Å². The molecule has 66 heavy (non-hydrogen) atoms. The quantitative estimate of drug-likeness (QED) is 0.0541. The molecule has 15 nitrogen and oxygen atoms in total. The fraction of sp³-hybridized carbons (Fsp3) is 0.471. The number of aromatic nitrogens is 2. The Hall–Kier alpha value is -6.21. The molecule has 0 unspecified atom stereocenters. The Morgan fingerprint density at radius 2 is 1.61 bits per heavy atom. The van der Waals surface area contributed by atoms with Crippen molar-refractivity contribution in [1.82, 2.24) is 19.8 Å². The van der Waals surface area contributed by atoms with Gasteiger partial charge < -0.3 is 41.5 Å². The minimum atomic E-state index is -1.23. The second-order valence-electron chi connectivity index (χ2n) is 17.1. The van der Waals surface area contributed by atoms with Crippen molar-refractivity contribution in [2.45, 2.75) is 96.6 Å². The summed E-state index contributed by atoms with van der Waals surface area (Å²) in [5, 5.41) is 12.1. The number of ketones is 3. The number of nitrogens with zero attached hydrogens (tertiary/aromatic N) is 4. The molecule has 0 aliphatic carbocycles. The van der Waals surface area contributed by atoms with Gasteiger partial charge in [-0.3, -0.25) is 24.0 Å². The third-order valence-corrected chi connectivity index (χ3v) is 12.1. The first kappa shape index (κ1) is 50.8. The Kier molecular flexibility index (Phi) is 19.2. The number of unbranched alkanes of at least 4 members (excludes halogenated alkanes) is 3. The molecule has 4 aromatic rings. The summed E-state index contributed by atoms with van der Waals surface area (Å²) in [4.78, 5) is 76.8. The average Bonchev–Trinajstić information content (AvgIpc) is 3.71. The van der Waals surface area contributed by atoms with Crippen molar-refractivity contribution in [3.63, 3.8) is 0 Å². The van der Waals surface area contributed by atoms with Gasteiger partial charge in [-0.2, -0.15) is 5.26 Å². The zero-order valence-electron chi connectivity index (χ0n) is 38.9. The van der Waals surface area contributed by atoms with Gasteiger partial charge in [0.15, 0.2) is 17.3 Å². The molecule has 4 bridgehead atoms. The lowest BCUT2D eigenvalue weighted by Crippen LogP contribution is -2.46. The highest BCUT2D eigenvalue weighted by molar-refractivity contribution is 5.99. The summed E-state index contributed by atoms with van der Waals surface area (Å²) in [7, 11) is 3.29. The van der Waals surface area contributed by atoms with E-state index in [1.54, 1.807) is 48.9 Å². The van der Waals surface area contributed by atoms with Gasteiger partial charge in [0.05, 0.1) is 18.3 Å². The average molecular weight is 903 g/mol. The maximum atomic E-state index is 14.8. The van der Waals surface area contributed by atoms with Crippen LogP contribution < -0.4 is 32.0 Å². The number of likely N-dealkylation sites (N-methyl/N-ethyl adjacent to an activating group) is 1. The topological polar surface area (TPSA) is 239 Å². The molecule has 7 N–H and O–H groups in total. The summed E-state index contributed by atoms with van der Waals surface area (Å²) in [6.45, 7) is 4.68. The molecule has 0 saturated heterocycles. The summed E-state index contributed by atoms with van der Waals surface area (Å²) in [5.41, 5.74) is 22.4. The highest BCUT2D eigenvalue weighted by Gasteiger charge is 2.36. The number of fused-ring (bicyclic) bond motifs is 5. The maximum absolute atomic E-state index is 14.8. The molecule has 352 valence electrons. The van der Waals surface area contributed by atoms with Gasteiger partial charge in [0.25, 0.3) is 0 Å². The number of hydrogen-bond donors (Lipinski definition) is 4. The molecule has 1 aliphatic rings. The van der Waals surface area contributed by atoms with E-state index in [4.69, 9.17) is 26.7 Å². The van der Waals surface area contributed by atoms with Crippen molar-refractivity contribution in [2.75, 3.05) is 39.9 Å². The van der Waals surface area contributed by atoms with Crippen LogP contribution in [0.15, 0.2) is 66.9 Å². The van der Waals surface area contributed by atoms with E-state index < -0.39 is 41.5 Å². The summed E-state index contributed by atoms with van der Waals surface area (Å²) >= 11 is 0. The third kappa shape index (κ3) is 13.0. The van der Waals surface area contributed by atoms with Crippen LogP contribution in [0.3, 0.4) is 0 Å². The van der Waals surface area contributed by atoms with Crippen LogP contribution in [0.4, 0.5) is 0 Å². The normalized spacial score (nSPS) is 16.7. The van der Waals surface area contributed by atoms with E-state index in [2.05, 4.69) is 29.4 Å². The van der Waals surface area contributed by atoms with Crippen molar-refractivity contribution in [1.29, 1.82) is 5.26 Å². The molecule has 0 radical (unpaired) electrons. The molecule has 2 amide bonds. The molecule has 0 saturated carbocycles. The van der Waals surface area contributed by atoms with E-state index in [1.165, 1.54) is 43.0 Å². The van der Waals surface area contributed by atoms with Gasteiger partial charge in [-0.1, -0.05) is 69.5 Å². The van der Waals surface area contributed by atoms with E-state index >= 15 is 0 Å². The van der Waals surface area contributed by atoms with E-state index in [0.29, 0.717) is 45.3 Å². The number of rotatable bonds is 22. The number of Topliss-reactive ketones (excluding diaryl/α,β-unsaturated/α-hetero) is 3. The summed E-state index contributed by atoms with van der Waals surface area (Å²) in [6, 6.07) is 18.5. The highest BCUT2D eigenvalue weighted by atomic mass is 16.5.